The number of amides is 2. The minimum Gasteiger partial charge on any atom is -0.490 e. The average Bonchev–Trinajstić information content (AvgIpc) is 3.70. The molecule has 0 aliphatic carbocycles. The van der Waals surface area contributed by atoms with Crippen LogP contribution in [0.25, 0.3) is 11.3 Å². The fourth-order valence-corrected chi connectivity index (χ4v) is 6.22. The molecule has 0 radical (unpaired) electrons. The Morgan fingerprint density at radius 2 is 1.53 bits per heavy atom. The van der Waals surface area contributed by atoms with Crippen molar-refractivity contribution < 1.29 is 23.8 Å². The van der Waals surface area contributed by atoms with Crippen LogP contribution in [0.1, 0.15) is 29.0 Å². The maximum absolute atomic E-state index is 14.1. The first-order valence-electron chi connectivity index (χ1n) is 16.5. The standard InChI is InChI=1S/C39H41N5O5/c1-47-39(46)43-37(36(28-13-4-2-5-14-28)29-15-6-3-7-16-29)38(45)42-33-18-10-8-12-27(33)20-21-30-24-40-25-31(49-30)26-48-35-19-11-9-17-32(35)34-22-23-41-44-34/h2-19,22-23,30-31,36-37,40H,20-21,24-26H2,1H3,(H,41,44)(H,42,45)(H,43,46)/t30-,31+,37+/m1/s1. The van der Waals surface area contributed by atoms with E-state index in [-0.39, 0.29) is 18.1 Å². The number of ether oxygens (including phenoxy) is 3. The molecule has 4 N–H and O–H groups in total. The maximum atomic E-state index is 14.1. The Hall–Kier alpha value is -5.45. The Balaban J connectivity index is 1.12. The van der Waals surface area contributed by atoms with Crippen LogP contribution >= 0.6 is 0 Å². The number of hydrogen-bond acceptors (Lipinski definition) is 7. The van der Waals surface area contributed by atoms with Crippen LogP contribution in [-0.2, 0) is 20.7 Å². The molecule has 10 nitrogen and oxygen atoms in total. The first-order chi connectivity index (χ1) is 24.1. The van der Waals surface area contributed by atoms with Crippen molar-refractivity contribution in [2.24, 2.45) is 0 Å². The summed E-state index contributed by atoms with van der Waals surface area (Å²) in [6, 6.07) is 35.9. The number of anilines is 1. The molecule has 1 aliphatic rings. The van der Waals surface area contributed by atoms with Crippen LogP contribution in [0.3, 0.4) is 0 Å². The van der Waals surface area contributed by atoms with Crippen molar-refractivity contribution >= 4 is 17.7 Å². The molecule has 1 fully saturated rings. The SMILES string of the molecule is COC(=O)N[C@H](C(=O)Nc1ccccc1CC[C@@H]1CNC[C@@H](COc2ccccc2-c2ccn[nH]2)O1)C(c1ccccc1)c1ccccc1. The predicted octanol–water partition coefficient (Wildman–Crippen LogP) is 5.94. The van der Waals surface area contributed by atoms with Crippen LogP contribution in [0.4, 0.5) is 10.5 Å². The van der Waals surface area contributed by atoms with Gasteiger partial charge >= 0.3 is 6.09 Å². The topological polar surface area (TPSA) is 127 Å². The van der Waals surface area contributed by atoms with Crippen LogP contribution in [0.5, 0.6) is 5.75 Å². The summed E-state index contributed by atoms with van der Waals surface area (Å²) < 4.78 is 17.6. The van der Waals surface area contributed by atoms with Gasteiger partial charge in [-0.3, -0.25) is 9.89 Å². The minimum atomic E-state index is -0.949. The zero-order valence-electron chi connectivity index (χ0n) is 27.4. The smallest absolute Gasteiger partial charge is 0.407 e. The van der Waals surface area contributed by atoms with Crippen molar-refractivity contribution in [3.8, 4) is 17.0 Å². The van der Waals surface area contributed by atoms with E-state index in [1.807, 2.05) is 115 Å². The third-order valence-corrected chi connectivity index (χ3v) is 8.63. The molecule has 49 heavy (non-hydrogen) atoms. The molecule has 1 aromatic heterocycles. The van der Waals surface area contributed by atoms with Crippen molar-refractivity contribution in [3.63, 3.8) is 0 Å². The van der Waals surface area contributed by atoms with Crippen LogP contribution < -0.4 is 20.7 Å². The Labute approximate surface area is 286 Å². The number of carbonyl (C=O) groups excluding carboxylic acids is 2. The number of para-hydroxylation sites is 2. The molecule has 3 atom stereocenters. The molecule has 5 aromatic rings. The van der Waals surface area contributed by atoms with Gasteiger partial charge in [-0.25, -0.2) is 4.79 Å². The van der Waals surface area contributed by atoms with Crippen LogP contribution in [0, 0.1) is 0 Å². The van der Waals surface area contributed by atoms with E-state index in [1.54, 1.807) is 6.20 Å². The van der Waals surface area contributed by atoms with E-state index in [4.69, 9.17) is 14.2 Å². The lowest BCUT2D eigenvalue weighted by molar-refractivity contribution is -0.118. The third-order valence-electron chi connectivity index (χ3n) is 8.63. The number of aromatic nitrogens is 2. The summed E-state index contributed by atoms with van der Waals surface area (Å²) in [5.74, 6) is -0.0383. The number of alkyl carbamates (subject to hydrolysis) is 1. The average molecular weight is 660 g/mol. The van der Waals surface area contributed by atoms with Crippen LogP contribution in [0.15, 0.2) is 121 Å². The van der Waals surface area contributed by atoms with Crippen molar-refractivity contribution in [3.05, 3.63) is 138 Å². The molecule has 252 valence electrons. The summed E-state index contributed by atoms with van der Waals surface area (Å²) in [5.41, 5.74) is 5.28. The monoisotopic (exact) mass is 659 g/mol. The second kappa shape index (κ2) is 16.6. The molecule has 2 heterocycles. The Morgan fingerprint density at radius 3 is 2.24 bits per heavy atom. The predicted molar refractivity (Wildman–Crippen MR) is 188 cm³/mol. The number of benzene rings is 4. The zero-order chi connectivity index (χ0) is 33.8. The van der Waals surface area contributed by atoms with E-state index >= 15 is 0 Å². The summed E-state index contributed by atoms with van der Waals surface area (Å²) in [5, 5.41) is 16.5. The fourth-order valence-electron chi connectivity index (χ4n) is 6.22. The Kier molecular flexibility index (Phi) is 11.3. The molecule has 4 aromatic carbocycles. The molecule has 1 saturated heterocycles. The quantitative estimate of drug-likeness (QED) is 0.123. The molecule has 10 heteroatoms. The summed E-state index contributed by atoms with van der Waals surface area (Å²) in [6.45, 7) is 1.81. The van der Waals surface area contributed by atoms with Gasteiger partial charge in [-0.15, -0.1) is 0 Å². The van der Waals surface area contributed by atoms with Crippen molar-refractivity contribution in [2.45, 2.75) is 37.0 Å². The van der Waals surface area contributed by atoms with Crippen molar-refractivity contribution in [1.29, 1.82) is 0 Å². The van der Waals surface area contributed by atoms with E-state index in [1.165, 1.54) is 7.11 Å². The molecular weight excluding hydrogens is 618 g/mol. The van der Waals surface area contributed by atoms with Gasteiger partial charge in [0.15, 0.2) is 0 Å². The number of carbonyl (C=O) groups is 2. The van der Waals surface area contributed by atoms with Crippen molar-refractivity contribution in [2.75, 3.05) is 32.1 Å². The number of H-pyrrole nitrogens is 1. The summed E-state index contributed by atoms with van der Waals surface area (Å²) in [4.78, 5) is 26.7. The molecular formula is C39H41N5O5. The molecule has 0 saturated carbocycles. The second-order valence-electron chi connectivity index (χ2n) is 11.9. The van der Waals surface area contributed by atoms with E-state index < -0.39 is 18.1 Å². The van der Waals surface area contributed by atoms with Gasteiger partial charge < -0.3 is 30.2 Å². The number of nitrogens with zero attached hydrogens (tertiary/aromatic N) is 1. The second-order valence-corrected chi connectivity index (χ2v) is 11.9. The summed E-state index contributed by atoms with van der Waals surface area (Å²) >= 11 is 0. The van der Waals surface area contributed by atoms with Gasteiger partial charge in [-0.05, 0) is 53.8 Å². The normalized spacial score (nSPS) is 16.4. The maximum Gasteiger partial charge on any atom is 0.407 e. The molecule has 0 spiro atoms. The lowest BCUT2D eigenvalue weighted by Gasteiger charge is -2.31. The molecule has 0 unspecified atom stereocenters. The van der Waals surface area contributed by atoms with Gasteiger partial charge in [-0.1, -0.05) is 91.0 Å². The number of methoxy groups -OCH3 is 1. The fraction of sp³-hybridized carbons (Fsp3) is 0.256. The number of hydrogen-bond donors (Lipinski definition) is 4. The van der Waals surface area contributed by atoms with E-state index in [0.717, 1.165) is 46.7 Å². The first kappa shape index (κ1) is 33.5. The number of rotatable bonds is 13. The lowest BCUT2D eigenvalue weighted by atomic mass is 9.84. The molecule has 1 aliphatic heterocycles. The highest BCUT2D eigenvalue weighted by Gasteiger charge is 2.33. The Bertz CT molecular complexity index is 1740. The largest absolute Gasteiger partial charge is 0.490 e. The highest BCUT2D eigenvalue weighted by Crippen LogP contribution is 2.31. The zero-order valence-corrected chi connectivity index (χ0v) is 27.4. The molecule has 6 rings (SSSR count). The first-order valence-corrected chi connectivity index (χ1v) is 16.5. The molecule has 0 bridgehead atoms. The van der Waals surface area contributed by atoms with E-state index in [9.17, 15) is 9.59 Å². The number of nitrogens with one attached hydrogen (secondary N) is 4. The van der Waals surface area contributed by atoms with Gasteiger partial charge in [0.1, 0.15) is 24.5 Å². The molecule has 2 amide bonds. The minimum absolute atomic E-state index is 0.0387. The lowest BCUT2D eigenvalue weighted by Crippen LogP contribution is -2.48. The Morgan fingerprint density at radius 1 is 0.857 bits per heavy atom. The third kappa shape index (κ3) is 8.72. The highest BCUT2D eigenvalue weighted by atomic mass is 16.5. The number of aromatic amines is 1. The van der Waals surface area contributed by atoms with Gasteiger partial charge in [0, 0.05) is 36.5 Å². The van der Waals surface area contributed by atoms with Gasteiger partial charge in [-0.2, -0.15) is 5.10 Å². The summed E-state index contributed by atoms with van der Waals surface area (Å²) in [7, 11) is 1.29. The van der Waals surface area contributed by atoms with Crippen LogP contribution in [-0.4, -0.2) is 67.3 Å². The van der Waals surface area contributed by atoms with Crippen LogP contribution in [0.2, 0.25) is 0 Å². The van der Waals surface area contributed by atoms with Gasteiger partial charge in [0.25, 0.3) is 0 Å². The number of morpholine rings is 1. The van der Waals surface area contributed by atoms with Crippen molar-refractivity contribution in [1.82, 2.24) is 20.8 Å². The highest BCUT2D eigenvalue weighted by molar-refractivity contribution is 5.98. The van der Waals surface area contributed by atoms with Gasteiger partial charge in [0.2, 0.25) is 5.91 Å². The van der Waals surface area contributed by atoms with E-state index in [2.05, 4.69) is 26.1 Å². The number of aryl methyl sites for hydroxylation is 1. The van der Waals surface area contributed by atoms with Gasteiger partial charge in [0.05, 0.1) is 18.9 Å². The van der Waals surface area contributed by atoms with E-state index in [0.29, 0.717) is 25.3 Å². The summed E-state index contributed by atoms with van der Waals surface area (Å²) in [6.07, 6.45) is 2.29.